The third-order valence-corrected chi connectivity index (χ3v) is 7.16. The summed E-state index contributed by atoms with van der Waals surface area (Å²) in [4.78, 5) is 43.0. The van der Waals surface area contributed by atoms with Gasteiger partial charge in [0, 0.05) is 31.1 Å². The maximum Gasteiger partial charge on any atom is 0.417 e. The van der Waals surface area contributed by atoms with Crippen LogP contribution in [-0.2, 0) is 34.4 Å². The standard InChI is InChI=1S/C18H13ClF3N4O3SSi/c19-12-6-10-8-25(7-9(10)5-11(12)18(20,21)22)13(27)1-2-17(15-23-3-4-30-15)14(28)24-16(29)26(17)31/h3-6H,1-2,7-8H2,(H,24,28,29)/t17-/m0/s1. The van der Waals surface area contributed by atoms with Crippen LogP contribution in [0.4, 0.5) is 18.0 Å². The molecule has 0 spiro atoms. The number of rotatable bonds is 4. The lowest BCUT2D eigenvalue weighted by molar-refractivity contribution is -0.137. The molecule has 0 unspecified atom stereocenters. The third kappa shape index (κ3) is 3.62. The second-order valence-corrected chi connectivity index (χ2v) is 8.89. The van der Waals surface area contributed by atoms with Crippen LogP contribution in [0.1, 0.15) is 34.5 Å². The van der Waals surface area contributed by atoms with E-state index in [0.717, 1.165) is 22.0 Å². The minimum atomic E-state index is -4.59. The van der Waals surface area contributed by atoms with Gasteiger partial charge in [-0.1, -0.05) is 11.6 Å². The van der Waals surface area contributed by atoms with Gasteiger partial charge in [-0.2, -0.15) is 13.2 Å². The first-order chi connectivity index (χ1) is 14.5. The van der Waals surface area contributed by atoms with E-state index in [1.807, 2.05) is 0 Å². The van der Waals surface area contributed by atoms with Gasteiger partial charge in [-0.15, -0.1) is 11.3 Å². The average molecular weight is 486 g/mol. The molecule has 2 aliphatic rings. The SMILES string of the molecule is O=C(CC[C@@]1(c2nccs2)C(=O)NC(=O)N1[Si])N1Cc2cc(Cl)c(C(F)(F)F)cc2C1. The van der Waals surface area contributed by atoms with Crippen molar-refractivity contribution >= 4 is 51.2 Å². The lowest BCUT2D eigenvalue weighted by Gasteiger charge is -2.31. The summed E-state index contributed by atoms with van der Waals surface area (Å²) in [5.41, 5.74) is -1.52. The number of carbonyl (C=O) groups is 3. The smallest absolute Gasteiger partial charge is 0.334 e. The van der Waals surface area contributed by atoms with E-state index in [2.05, 4.69) is 20.7 Å². The van der Waals surface area contributed by atoms with Gasteiger partial charge in [0.1, 0.15) is 5.01 Å². The minimum Gasteiger partial charge on any atom is -0.334 e. The number of urea groups is 1. The van der Waals surface area contributed by atoms with Gasteiger partial charge in [0.05, 0.1) is 10.6 Å². The van der Waals surface area contributed by atoms with Crippen LogP contribution in [0.15, 0.2) is 23.7 Å². The molecule has 4 amide bonds. The van der Waals surface area contributed by atoms with Crippen LogP contribution in [0.3, 0.4) is 0 Å². The number of hydrogen-bond acceptors (Lipinski definition) is 5. The molecule has 4 rings (SSSR count). The molecular weight excluding hydrogens is 473 g/mol. The molecule has 3 heterocycles. The second-order valence-electron chi connectivity index (χ2n) is 7.14. The average Bonchev–Trinajstić information content (AvgIpc) is 3.39. The van der Waals surface area contributed by atoms with Crippen molar-refractivity contribution in [1.82, 2.24) is 19.8 Å². The zero-order valence-corrected chi connectivity index (χ0v) is 18.2. The zero-order valence-electron chi connectivity index (χ0n) is 15.6. The summed E-state index contributed by atoms with van der Waals surface area (Å²) in [6.45, 7) is 0.111. The van der Waals surface area contributed by atoms with Crippen molar-refractivity contribution in [1.29, 1.82) is 0 Å². The Morgan fingerprint density at radius 1 is 1.29 bits per heavy atom. The molecule has 1 N–H and O–H groups in total. The second kappa shape index (κ2) is 7.60. The summed E-state index contributed by atoms with van der Waals surface area (Å²) < 4.78 is 40.3. The molecule has 1 fully saturated rings. The number of thiazole rings is 1. The van der Waals surface area contributed by atoms with E-state index in [1.54, 1.807) is 5.38 Å². The fourth-order valence-corrected chi connectivity index (χ4v) is 5.35. The van der Waals surface area contributed by atoms with Gasteiger partial charge in [0.2, 0.25) is 5.91 Å². The highest BCUT2D eigenvalue weighted by Crippen LogP contribution is 2.40. The molecule has 2 aromatic rings. The summed E-state index contributed by atoms with van der Waals surface area (Å²) >= 11 is 6.94. The molecule has 161 valence electrons. The Hall–Kier alpha value is -2.44. The molecule has 0 saturated carbocycles. The van der Waals surface area contributed by atoms with Gasteiger partial charge in [-0.3, -0.25) is 14.9 Å². The molecular formula is C18H13ClF3N4O3SSi. The van der Waals surface area contributed by atoms with Crippen molar-refractivity contribution in [2.75, 3.05) is 0 Å². The Labute approximate surface area is 186 Å². The summed E-state index contributed by atoms with van der Waals surface area (Å²) in [6.07, 6.45) is -3.29. The number of nitrogens with zero attached hydrogens (tertiary/aromatic N) is 3. The van der Waals surface area contributed by atoms with Crippen molar-refractivity contribution < 1.29 is 27.6 Å². The number of alkyl halides is 3. The van der Waals surface area contributed by atoms with Crippen LogP contribution in [0, 0.1) is 0 Å². The fraction of sp³-hybridized carbons (Fsp3) is 0.333. The lowest BCUT2D eigenvalue weighted by atomic mass is 9.93. The highest BCUT2D eigenvalue weighted by molar-refractivity contribution is 7.09. The third-order valence-electron chi connectivity index (χ3n) is 5.34. The monoisotopic (exact) mass is 485 g/mol. The van der Waals surface area contributed by atoms with E-state index in [4.69, 9.17) is 11.6 Å². The number of nitrogens with one attached hydrogen (secondary N) is 1. The molecule has 1 saturated heterocycles. The van der Waals surface area contributed by atoms with Crippen LogP contribution in [0.5, 0.6) is 0 Å². The Morgan fingerprint density at radius 3 is 2.52 bits per heavy atom. The number of benzene rings is 1. The van der Waals surface area contributed by atoms with Gasteiger partial charge in [-0.05, 0) is 29.7 Å². The number of carbonyl (C=O) groups excluding carboxylic acids is 3. The molecule has 3 radical (unpaired) electrons. The van der Waals surface area contributed by atoms with E-state index >= 15 is 0 Å². The minimum absolute atomic E-state index is 0.00137. The van der Waals surface area contributed by atoms with Gasteiger partial charge in [0.25, 0.3) is 5.91 Å². The van der Waals surface area contributed by atoms with Gasteiger partial charge >= 0.3 is 12.2 Å². The zero-order chi connectivity index (χ0) is 22.6. The quantitative estimate of drug-likeness (QED) is 0.533. The van der Waals surface area contributed by atoms with Crippen molar-refractivity contribution in [3.05, 3.63) is 50.4 Å². The molecule has 1 atom stereocenters. The Morgan fingerprint density at radius 2 is 1.97 bits per heavy atom. The summed E-state index contributed by atoms with van der Waals surface area (Å²) in [6, 6.07) is 1.52. The molecule has 2 aliphatic heterocycles. The highest BCUT2D eigenvalue weighted by Gasteiger charge is 2.54. The van der Waals surface area contributed by atoms with Crippen molar-refractivity contribution in [2.45, 2.75) is 37.6 Å². The largest absolute Gasteiger partial charge is 0.417 e. The number of fused-ring (bicyclic) bond motifs is 1. The lowest BCUT2D eigenvalue weighted by Crippen LogP contribution is -2.46. The number of aromatic nitrogens is 1. The van der Waals surface area contributed by atoms with Crippen LogP contribution in [-0.4, -0.2) is 42.7 Å². The van der Waals surface area contributed by atoms with Crippen molar-refractivity contribution in [3.8, 4) is 0 Å². The Kier molecular flexibility index (Phi) is 5.34. The summed E-state index contributed by atoms with van der Waals surface area (Å²) in [5, 5.41) is 3.77. The molecule has 1 aromatic carbocycles. The molecule has 13 heteroatoms. The van der Waals surface area contributed by atoms with Crippen molar-refractivity contribution in [2.24, 2.45) is 0 Å². The molecule has 0 aliphatic carbocycles. The van der Waals surface area contributed by atoms with Crippen LogP contribution in [0.25, 0.3) is 0 Å². The first kappa shape index (κ1) is 21.8. The summed E-state index contributed by atoms with van der Waals surface area (Å²) in [7, 11) is 3.16. The molecule has 31 heavy (non-hydrogen) atoms. The van der Waals surface area contributed by atoms with E-state index in [-0.39, 0.29) is 31.8 Å². The molecule has 1 aromatic heterocycles. The van der Waals surface area contributed by atoms with E-state index in [9.17, 15) is 27.6 Å². The molecule has 7 nitrogen and oxygen atoms in total. The molecule has 0 bridgehead atoms. The number of imide groups is 1. The number of hydrogen-bond donors (Lipinski definition) is 1. The van der Waals surface area contributed by atoms with Crippen LogP contribution < -0.4 is 5.32 Å². The van der Waals surface area contributed by atoms with Gasteiger partial charge < -0.3 is 9.47 Å². The first-order valence-corrected chi connectivity index (χ1v) is 10.7. The van der Waals surface area contributed by atoms with Crippen LogP contribution >= 0.6 is 22.9 Å². The predicted octanol–water partition coefficient (Wildman–Crippen LogP) is 2.97. The van der Waals surface area contributed by atoms with Gasteiger partial charge in [0.15, 0.2) is 15.9 Å². The number of halogens is 4. The maximum atomic E-state index is 13.1. The first-order valence-electron chi connectivity index (χ1n) is 8.97. The fourth-order valence-electron chi connectivity index (χ4n) is 3.74. The van der Waals surface area contributed by atoms with Crippen molar-refractivity contribution in [3.63, 3.8) is 0 Å². The van der Waals surface area contributed by atoms with E-state index in [0.29, 0.717) is 16.1 Å². The normalized spacial score (nSPS) is 20.9. The summed E-state index contributed by atoms with van der Waals surface area (Å²) in [5.74, 6) is -0.981. The van der Waals surface area contributed by atoms with E-state index < -0.39 is 34.2 Å². The van der Waals surface area contributed by atoms with E-state index in [1.165, 1.54) is 17.2 Å². The highest BCUT2D eigenvalue weighted by atomic mass is 35.5. The maximum absolute atomic E-state index is 13.1. The topological polar surface area (TPSA) is 82.6 Å². The predicted molar refractivity (Wildman–Crippen MR) is 105 cm³/mol. The Balaban J connectivity index is 1.52. The number of amides is 4. The Bertz CT molecular complexity index is 1080. The van der Waals surface area contributed by atoms with Gasteiger partial charge in [-0.25, -0.2) is 9.78 Å². The van der Waals surface area contributed by atoms with Crippen LogP contribution in [0.2, 0.25) is 5.02 Å².